The van der Waals surface area contributed by atoms with Gasteiger partial charge in [-0.05, 0) is 0 Å². The van der Waals surface area contributed by atoms with Crippen LogP contribution in [0.4, 0.5) is 5.69 Å². The van der Waals surface area contributed by atoms with E-state index in [0.29, 0.717) is 5.69 Å². The zero-order valence-electron chi connectivity index (χ0n) is 23.8. The van der Waals surface area contributed by atoms with E-state index in [1.54, 1.807) is 12.1 Å². The Morgan fingerprint density at radius 3 is 1.06 bits per heavy atom. The van der Waals surface area contributed by atoms with Gasteiger partial charge in [-0.15, -0.1) is 23.4 Å². The van der Waals surface area contributed by atoms with Crippen molar-refractivity contribution in [3.8, 4) is 5.92 Å². The van der Waals surface area contributed by atoms with Crippen LogP contribution in [0.15, 0.2) is 60.7 Å². The fourth-order valence-corrected chi connectivity index (χ4v) is 3.77. The molecule has 0 aromatic heterocycles. The predicted molar refractivity (Wildman–Crippen MR) is 155 cm³/mol. The van der Waals surface area contributed by atoms with Gasteiger partial charge in [-0.1, -0.05) is 83.1 Å². The third-order valence-electron chi connectivity index (χ3n) is 7.32. The van der Waals surface area contributed by atoms with E-state index in [9.17, 15) is 0 Å². The van der Waals surface area contributed by atoms with Gasteiger partial charge in [-0.3, -0.25) is 5.92 Å². The van der Waals surface area contributed by atoms with Gasteiger partial charge < -0.3 is 40.0 Å². The van der Waals surface area contributed by atoms with Crippen molar-refractivity contribution >= 4 is 5.69 Å². The van der Waals surface area contributed by atoms with E-state index in [1.807, 2.05) is 48.5 Å². The van der Waals surface area contributed by atoms with Crippen LogP contribution in [0, 0.1) is 81.6 Å². The molecular weight excluding hydrogens is 470 g/mol. The smallest absolute Gasteiger partial charge is 0 e. The minimum atomic E-state index is 0. The summed E-state index contributed by atoms with van der Waals surface area (Å²) in [4.78, 5) is 0. The maximum Gasteiger partial charge on any atom is 0 e. The fraction of sp³-hybridized carbons (Fsp3) is 0.294. The molecule has 2 heteroatoms. The Kier molecular flexibility index (Phi) is 14.8. The average Bonchev–Trinajstić information content (AvgIpc) is 3.16. The maximum atomic E-state index is 7.00. The second-order valence-corrected chi connectivity index (χ2v) is 9.11. The first-order valence-electron chi connectivity index (χ1n) is 12.1. The van der Waals surface area contributed by atoms with Crippen molar-refractivity contribution in [3.63, 3.8) is 0 Å². The Labute approximate surface area is 235 Å². The molecule has 0 saturated carbocycles. The first-order valence-corrected chi connectivity index (χ1v) is 12.1. The average molecular weight is 512 g/mol. The zero-order chi connectivity index (χ0) is 26.7. The molecule has 36 heavy (non-hydrogen) atoms. The van der Waals surface area contributed by atoms with Crippen LogP contribution >= 0.6 is 0 Å². The van der Waals surface area contributed by atoms with Crippen molar-refractivity contribution in [2.45, 2.75) is 69.2 Å². The Hall–Kier alpha value is -2.79. The molecule has 0 aliphatic heterocycles. The first kappa shape index (κ1) is 33.2. The SMILES string of the molecule is C[c-]1[c-](C)[c-](C)[c-](C)[c-]1C.Cc1c(C)c(C)[c-](C)c1C.[C-]#Cc1ccccc1.[NH-]c1ccccc1.[Ti]. The van der Waals surface area contributed by atoms with Crippen molar-refractivity contribution in [1.29, 1.82) is 0 Å². The first-order chi connectivity index (χ1) is 16.4. The standard InChI is InChI=1S/2C10H15.C8H5.C6H6N.Ti/c2*1-6-7(2)9(4)10(5)8(6)3;1-2-8-6-4-3-5-7-8;7-6-4-2-1-3-5-6;/h2*1-5H3;3-7H;1-5,7H;/q-5;3*-1;. The largest absolute Gasteiger partial charge is 0.731 e. The molecule has 0 radical (unpaired) electrons. The van der Waals surface area contributed by atoms with Gasteiger partial charge in [-0.2, -0.15) is 27.8 Å². The molecule has 1 nitrogen and oxygen atoms in total. The summed E-state index contributed by atoms with van der Waals surface area (Å²) in [6.07, 6.45) is 6.69. The summed E-state index contributed by atoms with van der Waals surface area (Å²) < 4.78 is 0. The summed E-state index contributed by atoms with van der Waals surface area (Å²) in [6.45, 7) is 22.0. The molecule has 0 fully saturated rings. The molecule has 0 saturated heterocycles. The minimum Gasteiger partial charge on any atom is -0.731 e. The van der Waals surface area contributed by atoms with Crippen LogP contribution in [0.1, 0.15) is 61.2 Å². The summed E-state index contributed by atoms with van der Waals surface area (Å²) in [7, 11) is 0. The molecule has 0 aliphatic rings. The van der Waals surface area contributed by atoms with Gasteiger partial charge in [0.25, 0.3) is 0 Å². The number of hydrogen-bond acceptors (Lipinski definition) is 0. The Morgan fingerprint density at radius 1 is 0.583 bits per heavy atom. The van der Waals surface area contributed by atoms with Crippen LogP contribution in [-0.2, 0) is 21.7 Å². The van der Waals surface area contributed by atoms with Gasteiger partial charge in [0.05, 0.1) is 0 Å². The Morgan fingerprint density at radius 2 is 0.889 bits per heavy atom. The molecule has 0 atom stereocenters. The van der Waals surface area contributed by atoms with Gasteiger partial charge >= 0.3 is 0 Å². The fourth-order valence-electron chi connectivity index (χ4n) is 3.77. The van der Waals surface area contributed by atoms with Gasteiger partial charge in [-0.25, -0.2) is 34.6 Å². The van der Waals surface area contributed by atoms with Crippen LogP contribution in [-0.4, -0.2) is 0 Å². The van der Waals surface area contributed by atoms with E-state index in [4.69, 9.17) is 12.2 Å². The normalized spacial score (nSPS) is 9.25. The molecule has 4 rings (SSSR count). The van der Waals surface area contributed by atoms with Crippen LogP contribution in [0.25, 0.3) is 5.73 Å². The maximum absolute atomic E-state index is 7.00. The van der Waals surface area contributed by atoms with E-state index < -0.39 is 0 Å². The molecule has 0 aliphatic carbocycles. The van der Waals surface area contributed by atoms with E-state index in [-0.39, 0.29) is 21.7 Å². The van der Waals surface area contributed by atoms with Gasteiger partial charge in [0.1, 0.15) is 0 Å². The van der Waals surface area contributed by atoms with Crippen LogP contribution in [0.5, 0.6) is 0 Å². The van der Waals surface area contributed by atoms with Gasteiger partial charge in [0.15, 0.2) is 0 Å². The van der Waals surface area contributed by atoms with Crippen molar-refractivity contribution in [2.24, 2.45) is 0 Å². The van der Waals surface area contributed by atoms with E-state index in [1.165, 1.54) is 55.6 Å². The quantitative estimate of drug-likeness (QED) is 0.127. The van der Waals surface area contributed by atoms with Crippen LogP contribution < -0.4 is 0 Å². The molecule has 0 unspecified atom stereocenters. The minimum absolute atomic E-state index is 0. The van der Waals surface area contributed by atoms with Crippen molar-refractivity contribution in [3.05, 3.63) is 134 Å². The van der Waals surface area contributed by atoms with Crippen LogP contribution in [0.3, 0.4) is 0 Å². The van der Waals surface area contributed by atoms with Crippen molar-refractivity contribution in [2.75, 3.05) is 0 Å². The molecule has 4 aromatic rings. The van der Waals surface area contributed by atoms with Crippen LogP contribution in [0.2, 0.25) is 0 Å². The molecule has 4 aromatic carbocycles. The van der Waals surface area contributed by atoms with Crippen molar-refractivity contribution < 1.29 is 21.7 Å². The number of rotatable bonds is 0. The summed E-state index contributed by atoms with van der Waals surface area (Å²) >= 11 is 0. The topological polar surface area (TPSA) is 23.8 Å². The summed E-state index contributed by atoms with van der Waals surface area (Å²) in [5.41, 5.74) is 23.1. The van der Waals surface area contributed by atoms with Crippen molar-refractivity contribution in [1.82, 2.24) is 0 Å². The summed E-state index contributed by atoms with van der Waals surface area (Å²) in [6, 6.07) is 18.5. The molecule has 0 heterocycles. The third kappa shape index (κ3) is 9.35. The molecular formula is C34H41NTi-8. The number of benzene rings is 2. The molecule has 194 valence electrons. The number of nitrogens with one attached hydrogen (secondary N) is 1. The zero-order valence-corrected chi connectivity index (χ0v) is 25.3. The second kappa shape index (κ2) is 16.1. The van der Waals surface area contributed by atoms with E-state index in [2.05, 4.69) is 75.2 Å². The predicted octanol–water partition coefficient (Wildman–Crippen LogP) is 9.89. The van der Waals surface area contributed by atoms with Gasteiger partial charge in [0.2, 0.25) is 0 Å². The molecule has 1 N–H and O–H groups in total. The summed E-state index contributed by atoms with van der Waals surface area (Å²) in [5.74, 6) is 2.28. The second-order valence-electron chi connectivity index (χ2n) is 9.11. The van der Waals surface area contributed by atoms with Gasteiger partial charge in [0, 0.05) is 21.7 Å². The van der Waals surface area contributed by atoms with E-state index >= 15 is 0 Å². The molecule has 0 bridgehead atoms. The Bertz CT molecular complexity index is 1020. The monoisotopic (exact) mass is 511 g/mol. The molecule has 0 spiro atoms. The van der Waals surface area contributed by atoms with E-state index in [0.717, 1.165) is 5.56 Å². The molecule has 0 amide bonds. The number of hydrogen-bond donors (Lipinski definition) is 0. The third-order valence-corrected chi connectivity index (χ3v) is 7.32. The summed E-state index contributed by atoms with van der Waals surface area (Å²) in [5, 5.41) is 0. The Balaban J connectivity index is 0.000000454.